The standard InChI is InChI=1S/C19H22N4O2S/c1-11-16-19(26)21-17(13-8-9-14(24-2)15(10-13)25-3)22-23(16)18(20-11)12-6-4-5-7-12/h8-10,12H,4-7H2,1-3H3,(H,21,22,26). The Labute approximate surface area is 157 Å². The van der Waals surface area contributed by atoms with Crippen molar-refractivity contribution < 1.29 is 9.47 Å². The van der Waals surface area contributed by atoms with Gasteiger partial charge >= 0.3 is 0 Å². The molecule has 6 nitrogen and oxygen atoms in total. The number of nitrogens with one attached hydrogen (secondary N) is 1. The highest BCUT2D eigenvalue weighted by atomic mass is 32.1. The number of hydrogen-bond acceptors (Lipinski definition) is 5. The molecule has 0 saturated heterocycles. The van der Waals surface area contributed by atoms with Crippen LogP contribution in [0.3, 0.4) is 0 Å². The van der Waals surface area contributed by atoms with Crippen LogP contribution >= 0.6 is 12.2 Å². The lowest BCUT2D eigenvalue weighted by atomic mass is 10.1. The van der Waals surface area contributed by atoms with E-state index < -0.39 is 0 Å². The van der Waals surface area contributed by atoms with Crippen LogP contribution in [0.4, 0.5) is 0 Å². The molecule has 4 rings (SSSR count). The first-order valence-electron chi connectivity index (χ1n) is 8.84. The molecule has 0 bridgehead atoms. The molecule has 1 aliphatic rings. The average molecular weight is 370 g/mol. The normalized spacial score (nSPS) is 14.9. The van der Waals surface area contributed by atoms with Crippen LogP contribution in [0, 0.1) is 11.6 Å². The summed E-state index contributed by atoms with van der Waals surface area (Å²) in [5, 5.41) is 4.84. The Kier molecular flexibility index (Phi) is 4.40. The molecule has 3 aromatic rings. The molecule has 1 saturated carbocycles. The van der Waals surface area contributed by atoms with E-state index >= 15 is 0 Å². The van der Waals surface area contributed by atoms with E-state index in [1.54, 1.807) is 14.2 Å². The van der Waals surface area contributed by atoms with Gasteiger partial charge in [0.1, 0.15) is 16.0 Å². The van der Waals surface area contributed by atoms with E-state index in [9.17, 15) is 0 Å². The number of methoxy groups -OCH3 is 2. The summed E-state index contributed by atoms with van der Waals surface area (Å²) >= 11 is 5.61. The van der Waals surface area contributed by atoms with Crippen LogP contribution in [0.1, 0.15) is 43.1 Å². The number of rotatable bonds is 4. The van der Waals surface area contributed by atoms with Crippen LogP contribution in [-0.4, -0.2) is 33.8 Å². The highest BCUT2D eigenvalue weighted by Gasteiger charge is 2.24. The maximum atomic E-state index is 5.61. The summed E-state index contributed by atoms with van der Waals surface area (Å²) in [5.41, 5.74) is 2.71. The molecular weight excluding hydrogens is 348 g/mol. The fourth-order valence-corrected chi connectivity index (χ4v) is 4.09. The van der Waals surface area contributed by atoms with Crippen molar-refractivity contribution >= 4 is 17.7 Å². The van der Waals surface area contributed by atoms with Crippen molar-refractivity contribution in [3.8, 4) is 22.9 Å². The molecule has 0 amide bonds. The van der Waals surface area contributed by atoms with Crippen LogP contribution in [-0.2, 0) is 0 Å². The smallest absolute Gasteiger partial charge is 0.161 e. The summed E-state index contributed by atoms with van der Waals surface area (Å²) in [6.45, 7) is 2.00. The third-order valence-electron chi connectivity index (χ3n) is 5.08. The van der Waals surface area contributed by atoms with Crippen LogP contribution in [0.25, 0.3) is 16.9 Å². The van der Waals surface area contributed by atoms with Crippen molar-refractivity contribution in [3.05, 3.63) is 34.4 Å². The van der Waals surface area contributed by atoms with Gasteiger partial charge in [0.05, 0.1) is 19.9 Å². The first-order chi connectivity index (χ1) is 12.6. The number of imidazole rings is 1. The van der Waals surface area contributed by atoms with Crippen molar-refractivity contribution in [3.63, 3.8) is 0 Å². The van der Waals surface area contributed by atoms with Gasteiger partial charge in [-0.05, 0) is 38.0 Å². The topological polar surface area (TPSA) is 64.4 Å². The quantitative estimate of drug-likeness (QED) is 0.688. The van der Waals surface area contributed by atoms with E-state index in [0.29, 0.717) is 27.9 Å². The first-order valence-corrected chi connectivity index (χ1v) is 9.25. The fraction of sp³-hybridized carbons (Fsp3) is 0.421. The second-order valence-electron chi connectivity index (χ2n) is 6.67. The zero-order valence-electron chi connectivity index (χ0n) is 15.2. The molecule has 1 aliphatic carbocycles. The maximum absolute atomic E-state index is 5.61. The number of aromatic amines is 1. The first kappa shape index (κ1) is 17.0. The highest BCUT2D eigenvalue weighted by molar-refractivity contribution is 7.71. The van der Waals surface area contributed by atoms with Gasteiger partial charge in [0.25, 0.3) is 0 Å². The van der Waals surface area contributed by atoms with Crippen molar-refractivity contribution in [1.29, 1.82) is 0 Å². The van der Waals surface area contributed by atoms with Crippen molar-refractivity contribution in [2.24, 2.45) is 0 Å². The van der Waals surface area contributed by atoms with Gasteiger partial charge < -0.3 is 14.5 Å². The molecule has 0 aliphatic heterocycles. The zero-order valence-corrected chi connectivity index (χ0v) is 16.0. The Morgan fingerprint density at radius 3 is 2.58 bits per heavy atom. The van der Waals surface area contributed by atoms with Crippen LogP contribution < -0.4 is 9.47 Å². The van der Waals surface area contributed by atoms with E-state index in [-0.39, 0.29) is 0 Å². The molecule has 0 atom stereocenters. The Hall–Kier alpha value is -2.41. The van der Waals surface area contributed by atoms with Gasteiger partial charge in [-0.1, -0.05) is 25.1 Å². The molecule has 26 heavy (non-hydrogen) atoms. The van der Waals surface area contributed by atoms with Crippen LogP contribution in [0.15, 0.2) is 18.2 Å². The van der Waals surface area contributed by atoms with E-state index in [2.05, 4.69) is 4.98 Å². The minimum atomic E-state index is 0.457. The van der Waals surface area contributed by atoms with Gasteiger partial charge in [-0.3, -0.25) is 0 Å². The van der Waals surface area contributed by atoms with Gasteiger partial charge in [0, 0.05) is 11.5 Å². The van der Waals surface area contributed by atoms with Gasteiger partial charge in [-0.25, -0.2) is 9.50 Å². The number of benzene rings is 1. The lowest BCUT2D eigenvalue weighted by molar-refractivity contribution is 0.355. The molecule has 1 N–H and O–H groups in total. The van der Waals surface area contributed by atoms with Crippen LogP contribution in [0.2, 0.25) is 0 Å². The summed E-state index contributed by atoms with van der Waals surface area (Å²) in [7, 11) is 3.25. The summed E-state index contributed by atoms with van der Waals surface area (Å²) in [6.07, 6.45) is 4.83. The van der Waals surface area contributed by atoms with Gasteiger partial charge in [-0.15, -0.1) is 5.10 Å². The Bertz CT molecular complexity index is 1020. The Morgan fingerprint density at radius 1 is 1.15 bits per heavy atom. The highest BCUT2D eigenvalue weighted by Crippen LogP contribution is 2.35. The molecule has 0 radical (unpaired) electrons. The van der Waals surface area contributed by atoms with E-state index in [1.807, 2.05) is 29.6 Å². The summed E-state index contributed by atoms with van der Waals surface area (Å²) in [4.78, 5) is 8.04. The predicted octanol–water partition coefficient (Wildman–Crippen LogP) is 4.44. The largest absolute Gasteiger partial charge is 0.493 e. The number of hydrogen-bond donors (Lipinski definition) is 1. The molecule has 2 heterocycles. The third kappa shape index (κ3) is 2.76. The number of H-pyrrole nitrogens is 1. The molecule has 136 valence electrons. The minimum absolute atomic E-state index is 0.457. The maximum Gasteiger partial charge on any atom is 0.161 e. The summed E-state index contributed by atoms with van der Waals surface area (Å²) < 4.78 is 13.3. The van der Waals surface area contributed by atoms with Crippen molar-refractivity contribution in [2.45, 2.75) is 38.5 Å². The average Bonchev–Trinajstić information content (AvgIpc) is 3.29. The molecule has 0 unspecified atom stereocenters. The van der Waals surface area contributed by atoms with E-state index in [4.69, 9.17) is 31.8 Å². The van der Waals surface area contributed by atoms with Gasteiger partial charge in [-0.2, -0.15) is 0 Å². The van der Waals surface area contributed by atoms with Gasteiger partial charge in [0.2, 0.25) is 0 Å². The van der Waals surface area contributed by atoms with Crippen molar-refractivity contribution in [1.82, 2.24) is 19.6 Å². The lowest BCUT2D eigenvalue weighted by Gasteiger charge is -2.11. The molecule has 1 fully saturated rings. The third-order valence-corrected chi connectivity index (χ3v) is 5.37. The fourth-order valence-electron chi connectivity index (χ4n) is 3.76. The second-order valence-corrected chi connectivity index (χ2v) is 7.08. The number of ether oxygens (including phenoxy) is 2. The lowest BCUT2D eigenvalue weighted by Crippen LogP contribution is -2.06. The van der Waals surface area contributed by atoms with E-state index in [1.165, 1.54) is 12.8 Å². The van der Waals surface area contributed by atoms with Crippen molar-refractivity contribution in [2.75, 3.05) is 14.2 Å². The number of aromatic nitrogens is 4. The Morgan fingerprint density at radius 2 is 1.88 bits per heavy atom. The second kappa shape index (κ2) is 6.72. The summed E-state index contributed by atoms with van der Waals surface area (Å²) in [6, 6.07) is 5.71. The zero-order chi connectivity index (χ0) is 18.3. The van der Waals surface area contributed by atoms with Gasteiger partial charge in [0.15, 0.2) is 17.3 Å². The molecule has 0 spiro atoms. The molecule has 2 aromatic heterocycles. The monoisotopic (exact) mass is 370 g/mol. The number of fused-ring (bicyclic) bond motifs is 1. The molecule has 7 heteroatoms. The molecule has 1 aromatic carbocycles. The molecular formula is C19H22N4O2S. The van der Waals surface area contributed by atoms with E-state index in [0.717, 1.165) is 35.4 Å². The summed E-state index contributed by atoms with van der Waals surface area (Å²) in [5.74, 6) is 3.51. The predicted molar refractivity (Wildman–Crippen MR) is 103 cm³/mol. The number of nitrogens with zero attached hydrogens (tertiary/aromatic N) is 3. The Balaban J connectivity index is 1.89. The SMILES string of the molecule is COc1ccc(-c2nn3c(C4CCCC4)nc(C)c3c(=S)[nH]2)cc1OC. The minimum Gasteiger partial charge on any atom is -0.493 e. The number of aryl methyl sites for hydroxylation is 1. The van der Waals surface area contributed by atoms with Crippen LogP contribution in [0.5, 0.6) is 11.5 Å².